The summed E-state index contributed by atoms with van der Waals surface area (Å²) in [6.45, 7) is 0. The molecule has 0 aliphatic rings. The molecule has 4 nitrogen and oxygen atoms in total. The Morgan fingerprint density at radius 2 is 1.75 bits per heavy atom. The number of nitrogens with zero attached hydrogens (tertiary/aromatic N) is 2. The van der Waals surface area contributed by atoms with Crippen LogP contribution in [0, 0.1) is 4.77 Å². The average Bonchev–Trinajstić information content (AvgIpc) is 3.13. The third kappa shape index (κ3) is 1.78. The van der Waals surface area contributed by atoms with Gasteiger partial charge in [-0.05, 0) is 36.5 Å². The number of rotatable bonds is 1. The monoisotopic (exact) mass is 349 g/mol. The van der Waals surface area contributed by atoms with Gasteiger partial charge in [0.05, 0.1) is 0 Å². The first-order valence-electron chi connectivity index (χ1n) is 7.42. The first-order chi connectivity index (χ1) is 11.7. The van der Waals surface area contributed by atoms with E-state index in [1.165, 1.54) is 4.70 Å². The number of nitrogens with two attached hydrogens (primary N) is 1. The van der Waals surface area contributed by atoms with Gasteiger partial charge in [0, 0.05) is 15.8 Å². The van der Waals surface area contributed by atoms with E-state index >= 15 is 0 Å². The van der Waals surface area contributed by atoms with Crippen LogP contribution in [0.1, 0.15) is 0 Å². The Kier molecular flexibility index (Phi) is 2.80. The van der Waals surface area contributed by atoms with E-state index in [0.29, 0.717) is 16.2 Å². The van der Waals surface area contributed by atoms with E-state index in [1.54, 1.807) is 15.9 Å². The maximum absolute atomic E-state index is 6.39. The maximum atomic E-state index is 6.39. The van der Waals surface area contributed by atoms with Gasteiger partial charge >= 0.3 is 0 Å². The summed E-state index contributed by atoms with van der Waals surface area (Å²) < 4.78 is 10.4. The second kappa shape index (κ2) is 4.90. The van der Waals surface area contributed by atoms with Crippen LogP contribution in [0.2, 0.25) is 0 Å². The minimum Gasteiger partial charge on any atom is -0.449 e. The van der Waals surface area contributed by atoms with Crippen LogP contribution in [0.25, 0.3) is 37.2 Å². The van der Waals surface area contributed by atoms with Crippen molar-refractivity contribution in [3.63, 3.8) is 0 Å². The van der Waals surface area contributed by atoms with Crippen molar-refractivity contribution < 1.29 is 4.42 Å². The number of benzene rings is 2. The van der Waals surface area contributed by atoms with Crippen LogP contribution in [-0.2, 0) is 0 Å². The van der Waals surface area contributed by atoms with Gasteiger partial charge in [-0.3, -0.25) is 4.57 Å². The molecule has 0 radical (unpaired) electrons. The van der Waals surface area contributed by atoms with E-state index in [-0.39, 0.29) is 0 Å². The highest BCUT2D eigenvalue weighted by Gasteiger charge is 2.19. The molecule has 5 aromatic rings. The van der Waals surface area contributed by atoms with Crippen molar-refractivity contribution in [2.24, 2.45) is 0 Å². The maximum Gasteiger partial charge on any atom is 0.206 e. The topological polar surface area (TPSA) is 57.0 Å². The van der Waals surface area contributed by atoms with Gasteiger partial charge in [-0.25, -0.2) is 4.98 Å². The Morgan fingerprint density at radius 1 is 1.00 bits per heavy atom. The molecule has 2 aromatic carbocycles. The number of fused-ring (bicyclic) bond motifs is 5. The van der Waals surface area contributed by atoms with Gasteiger partial charge in [-0.2, -0.15) is 0 Å². The van der Waals surface area contributed by atoms with Crippen LogP contribution >= 0.6 is 23.6 Å². The van der Waals surface area contributed by atoms with Crippen LogP contribution in [0.4, 0.5) is 5.82 Å². The quantitative estimate of drug-likeness (QED) is 0.417. The van der Waals surface area contributed by atoms with E-state index in [2.05, 4.69) is 11.1 Å². The number of nitrogen functional groups attached to an aromatic ring is 1. The number of hydrogen-bond donors (Lipinski definition) is 1. The van der Waals surface area contributed by atoms with Crippen molar-refractivity contribution in [1.29, 1.82) is 0 Å². The molecule has 0 fully saturated rings. The van der Waals surface area contributed by atoms with Crippen molar-refractivity contribution in [3.8, 4) is 5.69 Å². The Balaban J connectivity index is 1.93. The van der Waals surface area contributed by atoms with Gasteiger partial charge in [-0.1, -0.05) is 30.3 Å². The van der Waals surface area contributed by atoms with E-state index in [1.807, 2.05) is 48.5 Å². The lowest BCUT2D eigenvalue weighted by Gasteiger charge is -2.09. The van der Waals surface area contributed by atoms with Crippen molar-refractivity contribution in [2.75, 3.05) is 5.73 Å². The normalized spacial score (nSPS) is 11.7. The molecule has 0 saturated heterocycles. The lowest BCUT2D eigenvalue weighted by Crippen LogP contribution is -2.06. The van der Waals surface area contributed by atoms with Crippen LogP contribution in [0.3, 0.4) is 0 Å². The molecule has 0 saturated carbocycles. The predicted octanol–water partition coefficient (Wildman–Crippen LogP) is 5.30. The van der Waals surface area contributed by atoms with Crippen molar-refractivity contribution in [1.82, 2.24) is 9.55 Å². The largest absolute Gasteiger partial charge is 0.449 e. The molecule has 6 heteroatoms. The highest BCUT2D eigenvalue weighted by molar-refractivity contribution is 7.71. The SMILES string of the molecule is Nc1c2oc3c4ccccc4sc3c2nc(=S)n1-c1ccccc1. The second-order valence-electron chi connectivity index (χ2n) is 5.49. The Labute approximate surface area is 145 Å². The van der Waals surface area contributed by atoms with Crippen LogP contribution < -0.4 is 5.73 Å². The van der Waals surface area contributed by atoms with E-state index < -0.39 is 0 Å². The van der Waals surface area contributed by atoms with Gasteiger partial charge in [0.25, 0.3) is 0 Å². The molecule has 0 aliphatic heterocycles. The predicted molar refractivity (Wildman–Crippen MR) is 101 cm³/mol. The van der Waals surface area contributed by atoms with Crippen LogP contribution in [0.15, 0.2) is 59.0 Å². The number of para-hydroxylation sites is 1. The minimum atomic E-state index is 0.423. The fourth-order valence-electron chi connectivity index (χ4n) is 2.98. The summed E-state index contributed by atoms with van der Waals surface area (Å²) in [4.78, 5) is 4.61. The summed E-state index contributed by atoms with van der Waals surface area (Å²) in [6.07, 6.45) is 0. The summed E-state index contributed by atoms with van der Waals surface area (Å²) in [5.41, 5.74) is 9.40. The zero-order valence-electron chi connectivity index (χ0n) is 12.4. The lowest BCUT2D eigenvalue weighted by molar-refractivity contribution is 0.669. The van der Waals surface area contributed by atoms with E-state index in [4.69, 9.17) is 22.4 Å². The van der Waals surface area contributed by atoms with Gasteiger partial charge in [0.2, 0.25) is 4.77 Å². The standard InChI is InChI=1S/C18H11N3OS2/c19-17-15-13(20-18(23)21(17)10-6-2-1-3-7-10)16-14(22-15)11-8-4-5-9-12(11)24-16/h1-9H,19H2. The molecule has 3 aromatic heterocycles. The smallest absolute Gasteiger partial charge is 0.206 e. The molecule has 0 spiro atoms. The summed E-state index contributed by atoms with van der Waals surface area (Å²) in [6, 6.07) is 17.9. The fourth-order valence-corrected chi connectivity index (χ4v) is 4.40. The molecule has 5 rings (SSSR count). The first kappa shape index (κ1) is 13.7. The van der Waals surface area contributed by atoms with Crippen molar-refractivity contribution in [2.45, 2.75) is 0 Å². The van der Waals surface area contributed by atoms with Gasteiger partial charge < -0.3 is 10.2 Å². The van der Waals surface area contributed by atoms with Crippen LogP contribution in [0.5, 0.6) is 0 Å². The van der Waals surface area contributed by atoms with Gasteiger partial charge in [-0.15, -0.1) is 11.3 Å². The summed E-state index contributed by atoms with van der Waals surface area (Å²) >= 11 is 7.14. The minimum absolute atomic E-state index is 0.423. The first-order valence-corrected chi connectivity index (χ1v) is 8.64. The highest BCUT2D eigenvalue weighted by atomic mass is 32.1. The number of furan rings is 1. The zero-order valence-corrected chi connectivity index (χ0v) is 14.0. The third-order valence-corrected chi connectivity index (χ3v) is 5.50. The highest BCUT2D eigenvalue weighted by Crippen LogP contribution is 2.41. The molecule has 24 heavy (non-hydrogen) atoms. The molecule has 0 aliphatic carbocycles. The molecule has 0 amide bonds. The molecule has 0 unspecified atom stereocenters. The van der Waals surface area contributed by atoms with Gasteiger partial charge in [0.1, 0.15) is 10.2 Å². The molecule has 3 heterocycles. The lowest BCUT2D eigenvalue weighted by atomic mass is 10.2. The Bertz CT molecular complexity index is 1280. The van der Waals surface area contributed by atoms with Crippen molar-refractivity contribution in [3.05, 3.63) is 59.4 Å². The van der Waals surface area contributed by atoms with Crippen molar-refractivity contribution >= 4 is 60.8 Å². The Hall–Kier alpha value is -2.70. The van der Waals surface area contributed by atoms with E-state index in [9.17, 15) is 0 Å². The molecule has 0 bridgehead atoms. The number of thiophene rings is 1. The summed E-state index contributed by atoms with van der Waals surface area (Å²) in [5, 5.41) is 1.08. The molecular weight excluding hydrogens is 338 g/mol. The van der Waals surface area contributed by atoms with Crippen LogP contribution in [-0.4, -0.2) is 9.55 Å². The van der Waals surface area contributed by atoms with E-state index in [0.717, 1.165) is 26.9 Å². The van der Waals surface area contributed by atoms with Gasteiger partial charge in [0.15, 0.2) is 17.0 Å². The molecule has 2 N–H and O–H groups in total. The summed E-state index contributed by atoms with van der Waals surface area (Å²) in [5.74, 6) is 0.476. The zero-order chi connectivity index (χ0) is 16.3. The fraction of sp³-hybridized carbons (Fsp3) is 0. The molecule has 116 valence electrons. The molecule has 0 atom stereocenters. The summed E-state index contributed by atoms with van der Waals surface area (Å²) in [7, 11) is 0. The number of anilines is 1. The number of hydrogen-bond acceptors (Lipinski definition) is 5. The Morgan fingerprint density at radius 3 is 2.58 bits per heavy atom. The third-order valence-electron chi connectivity index (χ3n) is 4.07. The number of aromatic nitrogens is 2. The second-order valence-corrected chi connectivity index (χ2v) is 6.90. The molecular formula is C18H11N3OS2. The average molecular weight is 349 g/mol.